The summed E-state index contributed by atoms with van der Waals surface area (Å²) in [5.74, 6) is -0.229. The number of methoxy groups -OCH3 is 1. The van der Waals surface area contributed by atoms with Crippen molar-refractivity contribution < 1.29 is 13.9 Å². The summed E-state index contributed by atoms with van der Waals surface area (Å²) >= 11 is 0. The number of anilines is 1. The Morgan fingerprint density at radius 2 is 2.13 bits per heavy atom. The molecule has 0 heterocycles. The van der Waals surface area contributed by atoms with Crippen LogP contribution in [0.2, 0.25) is 0 Å². The molecule has 1 aromatic rings. The van der Waals surface area contributed by atoms with E-state index < -0.39 is 5.82 Å². The van der Waals surface area contributed by atoms with Crippen molar-refractivity contribution in [3.63, 3.8) is 0 Å². The maximum Gasteiger partial charge on any atom is 0.167 e. The zero-order valence-corrected chi connectivity index (χ0v) is 9.21. The molecule has 0 aliphatic carbocycles. The van der Waals surface area contributed by atoms with Gasteiger partial charge in [0.25, 0.3) is 0 Å². The molecule has 0 amide bonds. The van der Waals surface area contributed by atoms with Gasteiger partial charge < -0.3 is 15.2 Å². The molecular weight excluding hydrogens is 197 g/mol. The molecule has 3 nitrogen and oxygen atoms in total. The van der Waals surface area contributed by atoms with Crippen LogP contribution in [0.15, 0.2) is 12.1 Å². The second-order valence-electron chi connectivity index (χ2n) is 3.52. The van der Waals surface area contributed by atoms with Crippen molar-refractivity contribution in [2.75, 3.05) is 19.5 Å². The van der Waals surface area contributed by atoms with Crippen molar-refractivity contribution >= 4 is 5.69 Å². The number of aryl methyl sites for hydroxylation is 1. The summed E-state index contributed by atoms with van der Waals surface area (Å²) in [4.78, 5) is 0. The van der Waals surface area contributed by atoms with Crippen molar-refractivity contribution in [1.29, 1.82) is 0 Å². The predicted molar refractivity (Wildman–Crippen MR) is 57.5 cm³/mol. The van der Waals surface area contributed by atoms with Crippen molar-refractivity contribution in [2.24, 2.45) is 0 Å². The van der Waals surface area contributed by atoms with Crippen LogP contribution < -0.4 is 10.5 Å². The summed E-state index contributed by atoms with van der Waals surface area (Å²) in [6, 6.07) is 2.86. The quantitative estimate of drug-likeness (QED) is 0.779. The summed E-state index contributed by atoms with van der Waals surface area (Å²) in [7, 11) is 1.57. The number of hydrogen-bond donors (Lipinski definition) is 1. The fraction of sp³-hybridized carbons (Fsp3) is 0.455. The second-order valence-corrected chi connectivity index (χ2v) is 3.52. The van der Waals surface area contributed by atoms with E-state index >= 15 is 0 Å². The Morgan fingerprint density at radius 3 is 2.73 bits per heavy atom. The average molecular weight is 213 g/mol. The smallest absolute Gasteiger partial charge is 0.167 e. The van der Waals surface area contributed by atoms with Gasteiger partial charge in [-0.25, -0.2) is 4.39 Å². The fourth-order valence-corrected chi connectivity index (χ4v) is 1.25. The van der Waals surface area contributed by atoms with Crippen LogP contribution in [0.1, 0.15) is 12.5 Å². The van der Waals surface area contributed by atoms with E-state index in [4.69, 9.17) is 15.2 Å². The molecule has 1 atom stereocenters. The Bertz CT molecular complexity index is 342. The number of benzene rings is 1. The van der Waals surface area contributed by atoms with Crippen LogP contribution in [-0.4, -0.2) is 19.8 Å². The number of nitrogen functional groups attached to an aromatic ring is 1. The predicted octanol–water partition coefficient (Wildman–Crippen LogP) is 2.13. The van der Waals surface area contributed by atoms with Crippen molar-refractivity contribution in [2.45, 2.75) is 20.0 Å². The third-order valence-corrected chi connectivity index (χ3v) is 2.05. The lowest BCUT2D eigenvalue weighted by atomic mass is 10.2. The van der Waals surface area contributed by atoms with E-state index in [-0.39, 0.29) is 11.9 Å². The highest BCUT2D eigenvalue weighted by Gasteiger charge is 2.10. The van der Waals surface area contributed by atoms with Crippen LogP contribution in [0, 0.1) is 12.7 Å². The molecule has 2 N–H and O–H groups in total. The molecule has 0 aliphatic rings. The van der Waals surface area contributed by atoms with Gasteiger partial charge in [0.1, 0.15) is 6.10 Å². The minimum absolute atomic E-state index is 0.187. The van der Waals surface area contributed by atoms with Gasteiger partial charge in [0, 0.05) is 18.9 Å². The van der Waals surface area contributed by atoms with Gasteiger partial charge in [0.15, 0.2) is 11.6 Å². The normalized spacial score (nSPS) is 12.5. The molecule has 0 aromatic heterocycles. The molecule has 0 fully saturated rings. The first-order chi connectivity index (χ1) is 7.04. The van der Waals surface area contributed by atoms with Crippen molar-refractivity contribution in [3.05, 3.63) is 23.5 Å². The zero-order chi connectivity index (χ0) is 11.4. The highest BCUT2D eigenvalue weighted by atomic mass is 19.1. The first-order valence-electron chi connectivity index (χ1n) is 4.75. The Balaban J connectivity index is 2.81. The minimum Gasteiger partial charge on any atom is -0.485 e. The Labute approximate surface area is 89.0 Å². The largest absolute Gasteiger partial charge is 0.485 e. The lowest BCUT2D eigenvalue weighted by molar-refractivity contribution is 0.0893. The molecule has 1 aromatic carbocycles. The second kappa shape index (κ2) is 4.98. The molecule has 1 unspecified atom stereocenters. The number of ether oxygens (including phenoxy) is 2. The number of rotatable bonds is 4. The zero-order valence-electron chi connectivity index (χ0n) is 9.21. The molecule has 0 spiro atoms. The molecule has 4 heteroatoms. The summed E-state index contributed by atoms with van der Waals surface area (Å²) in [5.41, 5.74) is 6.79. The molecular formula is C11H16FNO2. The van der Waals surface area contributed by atoms with Gasteiger partial charge in [-0.1, -0.05) is 0 Å². The van der Waals surface area contributed by atoms with E-state index in [1.807, 2.05) is 13.8 Å². The molecule has 1 rings (SSSR count). The Kier molecular flexibility index (Phi) is 3.91. The van der Waals surface area contributed by atoms with Gasteiger partial charge >= 0.3 is 0 Å². The van der Waals surface area contributed by atoms with Crippen LogP contribution in [0.3, 0.4) is 0 Å². The summed E-state index contributed by atoms with van der Waals surface area (Å²) < 4.78 is 23.6. The highest BCUT2D eigenvalue weighted by Crippen LogP contribution is 2.24. The molecule has 0 saturated heterocycles. The summed E-state index contributed by atoms with van der Waals surface area (Å²) in [6.07, 6.45) is -0.187. The van der Waals surface area contributed by atoms with Gasteiger partial charge in [0.2, 0.25) is 0 Å². The maximum absolute atomic E-state index is 13.4. The molecule has 0 saturated carbocycles. The monoisotopic (exact) mass is 213 g/mol. The van der Waals surface area contributed by atoms with Gasteiger partial charge in [-0.2, -0.15) is 0 Å². The standard InChI is InChI=1S/C11H16FNO2/c1-7-4-11(9(12)5-10(7)13)15-8(2)6-14-3/h4-5,8H,6,13H2,1-3H3. The average Bonchev–Trinajstić information content (AvgIpc) is 2.14. The molecule has 0 radical (unpaired) electrons. The highest BCUT2D eigenvalue weighted by molar-refractivity contribution is 5.50. The van der Waals surface area contributed by atoms with Crippen molar-refractivity contribution in [1.82, 2.24) is 0 Å². The van der Waals surface area contributed by atoms with Crippen LogP contribution in [-0.2, 0) is 4.74 Å². The first kappa shape index (κ1) is 11.8. The SMILES string of the molecule is COCC(C)Oc1cc(C)c(N)cc1F. The molecule has 84 valence electrons. The third-order valence-electron chi connectivity index (χ3n) is 2.05. The van der Waals surface area contributed by atoms with E-state index in [1.165, 1.54) is 6.07 Å². The number of nitrogens with two attached hydrogens (primary N) is 1. The lowest BCUT2D eigenvalue weighted by Crippen LogP contribution is -2.18. The third kappa shape index (κ3) is 3.09. The van der Waals surface area contributed by atoms with Crippen LogP contribution in [0.4, 0.5) is 10.1 Å². The Hall–Kier alpha value is -1.29. The van der Waals surface area contributed by atoms with E-state index in [1.54, 1.807) is 13.2 Å². The van der Waals surface area contributed by atoms with Gasteiger partial charge in [-0.15, -0.1) is 0 Å². The van der Waals surface area contributed by atoms with E-state index in [9.17, 15) is 4.39 Å². The van der Waals surface area contributed by atoms with Crippen LogP contribution in [0.5, 0.6) is 5.75 Å². The maximum atomic E-state index is 13.4. The van der Waals surface area contributed by atoms with E-state index in [0.29, 0.717) is 12.3 Å². The summed E-state index contributed by atoms with van der Waals surface area (Å²) in [5, 5.41) is 0. The van der Waals surface area contributed by atoms with Crippen LogP contribution >= 0.6 is 0 Å². The van der Waals surface area contributed by atoms with Gasteiger partial charge in [0.05, 0.1) is 6.61 Å². The van der Waals surface area contributed by atoms with Crippen LogP contribution in [0.25, 0.3) is 0 Å². The number of hydrogen-bond acceptors (Lipinski definition) is 3. The minimum atomic E-state index is -0.443. The first-order valence-corrected chi connectivity index (χ1v) is 4.75. The van der Waals surface area contributed by atoms with E-state index in [0.717, 1.165) is 5.56 Å². The Morgan fingerprint density at radius 1 is 1.47 bits per heavy atom. The van der Waals surface area contributed by atoms with Gasteiger partial charge in [-0.3, -0.25) is 0 Å². The fourth-order valence-electron chi connectivity index (χ4n) is 1.25. The summed E-state index contributed by atoms with van der Waals surface area (Å²) in [6.45, 7) is 4.04. The topological polar surface area (TPSA) is 44.5 Å². The van der Waals surface area contributed by atoms with Gasteiger partial charge in [-0.05, 0) is 25.5 Å². The molecule has 15 heavy (non-hydrogen) atoms. The van der Waals surface area contributed by atoms with Crippen molar-refractivity contribution in [3.8, 4) is 5.75 Å². The number of halogens is 1. The molecule has 0 aliphatic heterocycles. The molecule has 0 bridgehead atoms. The lowest BCUT2D eigenvalue weighted by Gasteiger charge is -2.15. The van der Waals surface area contributed by atoms with E-state index in [2.05, 4.69) is 0 Å².